The Labute approximate surface area is 121 Å². The van der Waals surface area contributed by atoms with E-state index in [0.717, 1.165) is 25.1 Å². The maximum atomic E-state index is 6.33. The fourth-order valence-corrected chi connectivity index (χ4v) is 2.72. The topological polar surface area (TPSA) is 43.8 Å². The highest BCUT2D eigenvalue weighted by molar-refractivity contribution is 5.26. The predicted molar refractivity (Wildman–Crippen MR) is 83.8 cm³/mol. The molecule has 20 heavy (non-hydrogen) atoms. The molecule has 0 fully saturated rings. The molecule has 0 amide bonds. The highest BCUT2D eigenvalue weighted by Gasteiger charge is 2.13. The zero-order valence-corrected chi connectivity index (χ0v) is 13.0. The molecule has 0 spiro atoms. The lowest BCUT2D eigenvalue weighted by Gasteiger charge is -2.14. The van der Waals surface area contributed by atoms with Crippen LogP contribution in [-0.2, 0) is 19.4 Å². The molecule has 0 aliphatic heterocycles. The summed E-state index contributed by atoms with van der Waals surface area (Å²) in [5, 5.41) is 4.62. The second-order valence-electron chi connectivity index (χ2n) is 5.39. The number of aryl methyl sites for hydroxylation is 2. The van der Waals surface area contributed by atoms with Crippen molar-refractivity contribution >= 4 is 0 Å². The van der Waals surface area contributed by atoms with Crippen LogP contribution in [0.4, 0.5) is 0 Å². The van der Waals surface area contributed by atoms with Crippen molar-refractivity contribution in [2.75, 3.05) is 0 Å². The average Bonchev–Trinajstić information content (AvgIpc) is 2.73. The summed E-state index contributed by atoms with van der Waals surface area (Å²) in [5.74, 6) is 0. The molecule has 0 saturated carbocycles. The van der Waals surface area contributed by atoms with E-state index in [4.69, 9.17) is 5.73 Å². The highest BCUT2D eigenvalue weighted by atomic mass is 15.3. The van der Waals surface area contributed by atoms with E-state index in [0.29, 0.717) is 0 Å². The van der Waals surface area contributed by atoms with E-state index in [2.05, 4.69) is 57.1 Å². The predicted octanol–water partition coefficient (Wildman–Crippen LogP) is 3.32. The van der Waals surface area contributed by atoms with Gasteiger partial charge in [-0.2, -0.15) is 5.10 Å². The average molecular weight is 271 g/mol. The van der Waals surface area contributed by atoms with Crippen molar-refractivity contribution in [3.05, 3.63) is 52.3 Å². The van der Waals surface area contributed by atoms with Crippen LogP contribution in [0, 0.1) is 13.8 Å². The number of aromatic nitrogens is 2. The standard InChI is InChI=1S/C17H25N3/c1-5-14-7-9-15(10-8-14)17(18)11-20-13(4)16(6-2)12(3)19-20/h7-10,17H,5-6,11,18H2,1-4H3. The summed E-state index contributed by atoms with van der Waals surface area (Å²) < 4.78 is 2.05. The lowest BCUT2D eigenvalue weighted by Crippen LogP contribution is -2.19. The Morgan fingerprint density at radius 2 is 1.75 bits per heavy atom. The molecule has 1 unspecified atom stereocenters. The number of nitrogens with two attached hydrogens (primary N) is 1. The minimum Gasteiger partial charge on any atom is -0.322 e. The second kappa shape index (κ2) is 6.23. The van der Waals surface area contributed by atoms with Gasteiger partial charge in [-0.3, -0.25) is 4.68 Å². The summed E-state index contributed by atoms with van der Waals surface area (Å²) in [7, 11) is 0. The molecule has 2 rings (SSSR count). The Morgan fingerprint density at radius 3 is 2.25 bits per heavy atom. The van der Waals surface area contributed by atoms with Crippen LogP contribution in [0.3, 0.4) is 0 Å². The zero-order chi connectivity index (χ0) is 14.7. The third-order valence-corrected chi connectivity index (χ3v) is 4.07. The Balaban J connectivity index is 2.16. The van der Waals surface area contributed by atoms with Crippen molar-refractivity contribution in [2.45, 2.75) is 53.1 Å². The van der Waals surface area contributed by atoms with Crippen LogP contribution in [0.1, 0.15) is 48.0 Å². The van der Waals surface area contributed by atoms with Crippen molar-refractivity contribution in [2.24, 2.45) is 5.73 Å². The van der Waals surface area contributed by atoms with Crippen molar-refractivity contribution < 1.29 is 0 Å². The Morgan fingerprint density at radius 1 is 1.10 bits per heavy atom. The molecule has 1 heterocycles. The molecule has 2 aromatic rings. The van der Waals surface area contributed by atoms with Gasteiger partial charge in [0.1, 0.15) is 0 Å². The molecule has 0 bridgehead atoms. The molecule has 0 saturated heterocycles. The maximum absolute atomic E-state index is 6.33. The third-order valence-electron chi connectivity index (χ3n) is 4.07. The molecule has 0 aliphatic carbocycles. The van der Waals surface area contributed by atoms with Gasteiger partial charge in [-0.05, 0) is 43.4 Å². The molecule has 3 heteroatoms. The molecule has 1 aromatic heterocycles. The van der Waals surface area contributed by atoms with E-state index < -0.39 is 0 Å². The quantitative estimate of drug-likeness (QED) is 0.906. The van der Waals surface area contributed by atoms with Gasteiger partial charge in [0.05, 0.1) is 12.2 Å². The highest BCUT2D eigenvalue weighted by Crippen LogP contribution is 2.18. The molecular weight excluding hydrogens is 246 g/mol. The van der Waals surface area contributed by atoms with Gasteiger partial charge in [0.25, 0.3) is 0 Å². The Hall–Kier alpha value is -1.61. The van der Waals surface area contributed by atoms with Gasteiger partial charge >= 0.3 is 0 Å². The smallest absolute Gasteiger partial charge is 0.0628 e. The maximum Gasteiger partial charge on any atom is 0.0628 e. The van der Waals surface area contributed by atoms with E-state index in [-0.39, 0.29) is 6.04 Å². The van der Waals surface area contributed by atoms with Gasteiger partial charge in [0.2, 0.25) is 0 Å². The van der Waals surface area contributed by atoms with Crippen LogP contribution >= 0.6 is 0 Å². The fourth-order valence-electron chi connectivity index (χ4n) is 2.72. The van der Waals surface area contributed by atoms with E-state index in [1.807, 2.05) is 4.68 Å². The van der Waals surface area contributed by atoms with Gasteiger partial charge in [0, 0.05) is 11.7 Å². The van der Waals surface area contributed by atoms with E-state index in [1.54, 1.807) is 0 Å². The van der Waals surface area contributed by atoms with Crippen LogP contribution in [-0.4, -0.2) is 9.78 Å². The van der Waals surface area contributed by atoms with Crippen molar-refractivity contribution in [3.8, 4) is 0 Å². The summed E-state index contributed by atoms with van der Waals surface area (Å²) in [6, 6.07) is 8.58. The lowest BCUT2D eigenvalue weighted by molar-refractivity contribution is 0.514. The van der Waals surface area contributed by atoms with Gasteiger partial charge in [-0.1, -0.05) is 38.1 Å². The van der Waals surface area contributed by atoms with E-state index in [1.165, 1.54) is 22.4 Å². The van der Waals surface area contributed by atoms with Crippen molar-refractivity contribution in [1.29, 1.82) is 0 Å². The first kappa shape index (κ1) is 14.8. The summed E-state index contributed by atoms with van der Waals surface area (Å²) in [6.07, 6.45) is 2.09. The third kappa shape index (κ3) is 2.93. The van der Waals surface area contributed by atoms with Crippen LogP contribution in [0.5, 0.6) is 0 Å². The first-order chi connectivity index (χ1) is 9.56. The second-order valence-corrected chi connectivity index (χ2v) is 5.39. The number of hydrogen-bond acceptors (Lipinski definition) is 2. The normalized spacial score (nSPS) is 12.7. The number of nitrogens with zero attached hydrogens (tertiary/aromatic N) is 2. The summed E-state index contributed by atoms with van der Waals surface area (Å²) >= 11 is 0. The van der Waals surface area contributed by atoms with Gasteiger partial charge in [-0.15, -0.1) is 0 Å². The van der Waals surface area contributed by atoms with Gasteiger partial charge in [-0.25, -0.2) is 0 Å². The van der Waals surface area contributed by atoms with Crippen molar-refractivity contribution in [3.63, 3.8) is 0 Å². The van der Waals surface area contributed by atoms with Crippen LogP contribution < -0.4 is 5.73 Å². The largest absolute Gasteiger partial charge is 0.322 e. The first-order valence-corrected chi connectivity index (χ1v) is 7.44. The molecular formula is C17H25N3. The summed E-state index contributed by atoms with van der Waals surface area (Å²) in [6.45, 7) is 9.27. The Kier molecular flexibility index (Phi) is 4.61. The Bertz CT molecular complexity index is 567. The molecule has 2 N–H and O–H groups in total. The molecule has 1 aromatic carbocycles. The van der Waals surface area contributed by atoms with Crippen LogP contribution in [0.25, 0.3) is 0 Å². The fraction of sp³-hybridized carbons (Fsp3) is 0.471. The number of hydrogen-bond donors (Lipinski definition) is 1. The summed E-state index contributed by atoms with van der Waals surface area (Å²) in [4.78, 5) is 0. The van der Waals surface area contributed by atoms with Crippen LogP contribution in [0.15, 0.2) is 24.3 Å². The molecule has 3 nitrogen and oxygen atoms in total. The molecule has 108 valence electrons. The zero-order valence-electron chi connectivity index (χ0n) is 13.0. The minimum absolute atomic E-state index is 0.0105. The van der Waals surface area contributed by atoms with Gasteiger partial charge in [0.15, 0.2) is 0 Å². The molecule has 0 aliphatic rings. The SMILES string of the molecule is CCc1ccc(C(N)Cn2nc(C)c(CC)c2C)cc1. The van der Waals surface area contributed by atoms with E-state index in [9.17, 15) is 0 Å². The first-order valence-electron chi connectivity index (χ1n) is 7.44. The van der Waals surface area contributed by atoms with Crippen molar-refractivity contribution in [1.82, 2.24) is 9.78 Å². The van der Waals surface area contributed by atoms with Gasteiger partial charge < -0.3 is 5.73 Å². The lowest BCUT2D eigenvalue weighted by atomic mass is 10.0. The van der Waals surface area contributed by atoms with Crippen LogP contribution in [0.2, 0.25) is 0 Å². The minimum atomic E-state index is -0.0105. The molecule has 0 radical (unpaired) electrons. The number of rotatable bonds is 5. The monoisotopic (exact) mass is 271 g/mol. The van der Waals surface area contributed by atoms with E-state index >= 15 is 0 Å². The molecule has 1 atom stereocenters. The number of benzene rings is 1. The summed E-state index contributed by atoms with van der Waals surface area (Å²) in [5.41, 5.74) is 12.6.